The van der Waals surface area contributed by atoms with Crippen molar-refractivity contribution in [1.29, 1.82) is 0 Å². The Bertz CT molecular complexity index is 1290. The third-order valence-corrected chi connectivity index (χ3v) is 8.43. The monoisotopic (exact) mass is 501 g/mol. The molecule has 0 spiro atoms. The molecule has 0 unspecified atom stereocenters. The Morgan fingerprint density at radius 2 is 1.94 bits per heavy atom. The average molecular weight is 502 g/mol. The Balaban J connectivity index is 1.48. The molecule has 4 rings (SSSR count). The summed E-state index contributed by atoms with van der Waals surface area (Å²) in [4.78, 5) is 17.6. The number of thiazole rings is 1. The van der Waals surface area contributed by atoms with E-state index in [1.54, 1.807) is 17.4 Å². The normalized spacial score (nSPS) is 16.7. The van der Waals surface area contributed by atoms with Gasteiger partial charge in [-0.05, 0) is 44.0 Å². The molecule has 0 bridgehead atoms. The summed E-state index contributed by atoms with van der Waals surface area (Å²) in [6.07, 6.45) is 1.22. The highest BCUT2D eigenvalue weighted by Gasteiger charge is 2.34. The number of hydrogen-bond donors (Lipinski definition) is 1. The molecule has 1 atom stereocenters. The summed E-state index contributed by atoms with van der Waals surface area (Å²) in [6.45, 7) is 2.43. The number of hydrogen-bond acceptors (Lipinski definition) is 7. The van der Waals surface area contributed by atoms with Crippen LogP contribution in [0.4, 0.5) is 5.69 Å². The smallest absolute Gasteiger partial charge is 0.243 e. The number of aryl methyl sites for hydroxylation is 1. The third-order valence-electron chi connectivity index (χ3n) is 5.79. The van der Waals surface area contributed by atoms with Crippen LogP contribution in [0, 0.1) is 12.8 Å². The van der Waals surface area contributed by atoms with Crippen LogP contribution in [0.5, 0.6) is 11.5 Å². The molecule has 2 heterocycles. The van der Waals surface area contributed by atoms with Crippen molar-refractivity contribution in [3.63, 3.8) is 0 Å². The first kappa shape index (κ1) is 24.2. The fourth-order valence-corrected chi connectivity index (χ4v) is 6.16. The lowest BCUT2D eigenvalue weighted by Crippen LogP contribution is -2.43. The van der Waals surface area contributed by atoms with Crippen molar-refractivity contribution in [2.45, 2.75) is 24.7 Å². The molecule has 10 heteroatoms. The van der Waals surface area contributed by atoms with Crippen molar-refractivity contribution in [2.75, 3.05) is 32.6 Å². The minimum Gasteiger partial charge on any atom is -0.493 e. The lowest BCUT2D eigenvalue weighted by molar-refractivity contribution is -0.120. The number of nitrogens with one attached hydrogen (secondary N) is 1. The maximum Gasteiger partial charge on any atom is 0.243 e. The van der Waals surface area contributed by atoms with Crippen molar-refractivity contribution in [3.8, 4) is 22.8 Å². The molecule has 2 aromatic carbocycles. The second kappa shape index (κ2) is 10.1. The highest BCUT2D eigenvalue weighted by Crippen LogP contribution is 2.32. The quantitative estimate of drug-likeness (QED) is 0.522. The topological polar surface area (TPSA) is 97.8 Å². The molecule has 8 nitrogen and oxygen atoms in total. The zero-order valence-electron chi connectivity index (χ0n) is 19.3. The van der Waals surface area contributed by atoms with Gasteiger partial charge in [-0.3, -0.25) is 4.79 Å². The minimum atomic E-state index is -3.79. The van der Waals surface area contributed by atoms with E-state index >= 15 is 0 Å². The molecule has 180 valence electrons. The van der Waals surface area contributed by atoms with Crippen LogP contribution < -0.4 is 14.8 Å². The molecule has 0 aliphatic carbocycles. The van der Waals surface area contributed by atoms with Crippen LogP contribution in [0.15, 0.2) is 52.7 Å². The van der Waals surface area contributed by atoms with Gasteiger partial charge in [0.2, 0.25) is 15.9 Å². The summed E-state index contributed by atoms with van der Waals surface area (Å²) in [7, 11) is -0.837. The standard InChI is InChI=1S/C24H27N3O5S2/c1-16-25-21(15-33-16)17-6-4-8-19(12-17)26-24(28)18-7-5-11-27(14-18)34(29,30)20-9-10-22(31-2)23(13-20)32-3/h4,6,8-10,12-13,15,18H,5,7,11,14H2,1-3H3,(H,26,28)/t18-/m1/s1. The zero-order valence-corrected chi connectivity index (χ0v) is 20.9. The number of amides is 1. The van der Waals surface area contributed by atoms with Gasteiger partial charge in [-0.2, -0.15) is 4.31 Å². The molecule has 0 radical (unpaired) electrons. The molecule has 1 aliphatic rings. The van der Waals surface area contributed by atoms with Crippen LogP contribution in [0.25, 0.3) is 11.3 Å². The largest absolute Gasteiger partial charge is 0.493 e. The van der Waals surface area contributed by atoms with E-state index in [1.165, 1.54) is 30.7 Å². The van der Waals surface area contributed by atoms with Crippen molar-refractivity contribution in [2.24, 2.45) is 5.92 Å². The van der Waals surface area contributed by atoms with E-state index in [-0.39, 0.29) is 17.3 Å². The van der Waals surface area contributed by atoms with Gasteiger partial charge in [0.1, 0.15) is 0 Å². The molecule has 1 fully saturated rings. The maximum atomic E-state index is 13.3. The first-order valence-electron chi connectivity index (χ1n) is 10.9. The highest BCUT2D eigenvalue weighted by atomic mass is 32.2. The van der Waals surface area contributed by atoms with Crippen molar-refractivity contribution in [1.82, 2.24) is 9.29 Å². The average Bonchev–Trinajstić information content (AvgIpc) is 3.30. The lowest BCUT2D eigenvalue weighted by atomic mass is 9.98. The number of anilines is 1. The number of carbonyl (C=O) groups excluding carboxylic acids is 1. The van der Waals surface area contributed by atoms with Gasteiger partial charge in [0.05, 0.1) is 35.7 Å². The number of sulfonamides is 1. The Morgan fingerprint density at radius 3 is 2.65 bits per heavy atom. The molecule has 34 heavy (non-hydrogen) atoms. The number of benzene rings is 2. The molecular weight excluding hydrogens is 474 g/mol. The van der Waals surface area contributed by atoms with Crippen LogP contribution in [0.1, 0.15) is 17.8 Å². The number of carbonyl (C=O) groups is 1. The first-order chi connectivity index (χ1) is 16.3. The van der Waals surface area contributed by atoms with Crippen LogP contribution in [-0.4, -0.2) is 50.9 Å². The number of methoxy groups -OCH3 is 2. The lowest BCUT2D eigenvalue weighted by Gasteiger charge is -2.31. The summed E-state index contributed by atoms with van der Waals surface area (Å²) in [5, 5.41) is 5.91. The Morgan fingerprint density at radius 1 is 1.15 bits per heavy atom. The van der Waals surface area contributed by atoms with Crippen molar-refractivity contribution in [3.05, 3.63) is 52.9 Å². The number of ether oxygens (including phenoxy) is 2. The highest BCUT2D eigenvalue weighted by molar-refractivity contribution is 7.89. The SMILES string of the molecule is COc1ccc(S(=O)(=O)N2CCC[C@@H](C(=O)Nc3cccc(-c4csc(C)n4)c3)C2)cc1OC. The number of nitrogens with zero attached hydrogens (tertiary/aromatic N) is 2. The van der Waals surface area contributed by atoms with Gasteiger partial charge in [0.25, 0.3) is 0 Å². The molecule has 0 saturated carbocycles. The molecular formula is C24H27N3O5S2. The predicted octanol–water partition coefficient (Wildman–Crippen LogP) is 4.18. The van der Waals surface area contributed by atoms with Crippen LogP contribution in [0.3, 0.4) is 0 Å². The molecule has 1 aliphatic heterocycles. The molecule has 1 aromatic heterocycles. The summed E-state index contributed by atoms with van der Waals surface area (Å²) in [5.41, 5.74) is 2.44. The van der Waals surface area contributed by atoms with Crippen LogP contribution >= 0.6 is 11.3 Å². The predicted molar refractivity (Wildman–Crippen MR) is 132 cm³/mol. The number of rotatable bonds is 7. The van der Waals surface area contributed by atoms with E-state index in [0.717, 1.165) is 16.3 Å². The van der Waals surface area contributed by atoms with E-state index in [4.69, 9.17) is 9.47 Å². The first-order valence-corrected chi connectivity index (χ1v) is 13.2. The summed E-state index contributed by atoms with van der Waals surface area (Å²) >= 11 is 1.57. The Labute approximate surface area is 203 Å². The van der Waals surface area contributed by atoms with Gasteiger partial charge in [-0.25, -0.2) is 13.4 Å². The van der Waals surface area contributed by atoms with Gasteiger partial charge < -0.3 is 14.8 Å². The second-order valence-electron chi connectivity index (χ2n) is 8.04. The molecule has 3 aromatic rings. The zero-order chi connectivity index (χ0) is 24.3. The van der Waals surface area contributed by atoms with Gasteiger partial charge in [-0.15, -0.1) is 11.3 Å². The van der Waals surface area contributed by atoms with E-state index in [1.807, 2.05) is 36.6 Å². The maximum absolute atomic E-state index is 13.3. The summed E-state index contributed by atoms with van der Waals surface area (Å²) in [6, 6.07) is 12.0. The second-order valence-corrected chi connectivity index (χ2v) is 11.0. The minimum absolute atomic E-state index is 0.109. The van der Waals surface area contributed by atoms with Gasteiger partial charge in [-0.1, -0.05) is 12.1 Å². The van der Waals surface area contributed by atoms with Gasteiger partial charge in [0, 0.05) is 35.8 Å². The van der Waals surface area contributed by atoms with Crippen molar-refractivity contribution >= 4 is 33.0 Å². The molecule has 1 amide bonds. The van der Waals surface area contributed by atoms with E-state index in [2.05, 4.69) is 10.3 Å². The van der Waals surface area contributed by atoms with Gasteiger partial charge in [0.15, 0.2) is 11.5 Å². The van der Waals surface area contributed by atoms with E-state index in [9.17, 15) is 13.2 Å². The summed E-state index contributed by atoms with van der Waals surface area (Å²) in [5.74, 6) is 0.144. The van der Waals surface area contributed by atoms with Crippen LogP contribution in [0.2, 0.25) is 0 Å². The Hall–Kier alpha value is -2.95. The molecule has 1 N–H and O–H groups in total. The number of piperidine rings is 1. The van der Waals surface area contributed by atoms with E-state index < -0.39 is 15.9 Å². The fourth-order valence-electron chi connectivity index (χ4n) is 4.00. The third kappa shape index (κ3) is 5.08. The summed E-state index contributed by atoms with van der Waals surface area (Å²) < 4.78 is 38.4. The Kier molecular flexibility index (Phi) is 7.20. The van der Waals surface area contributed by atoms with Gasteiger partial charge >= 0.3 is 0 Å². The molecule has 1 saturated heterocycles. The van der Waals surface area contributed by atoms with Crippen molar-refractivity contribution < 1.29 is 22.7 Å². The van der Waals surface area contributed by atoms with E-state index in [0.29, 0.717) is 36.6 Å². The number of aromatic nitrogens is 1. The fraction of sp³-hybridized carbons (Fsp3) is 0.333. The van der Waals surface area contributed by atoms with Crippen LogP contribution in [-0.2, 0) is 14.8 Å².